The van der Waals surface area contributed by atoms with Gasteiger partial charge >= 0.3 is 11.9 Å². The molecule has 0 saturated carbocycles. The van der Waals surface area contributed by atoms with Gasteiger partial charge in [-0.2, -0.15) is 9.97 Å². The fourth-order valence-corrected chi connectivity index (χ4v) is 3.67. The molecule has 0 bridgehead atoms. The summed E-state index contributed by atoms with van der Waals surface area (Å²) < 4.78 is 37.8. The normalized spacial score (nSPS) is 20.6. The van der Waals surface area contributed by atoms with Gasteiger partial charge < -0.3 is 30.0 Å². The van der Waals surface area contributed by atoms with Crippen LogP contribution in [0.2, 0.25) is 0 Å². The maximum Gasteiger partial charge on any atom is 0.313 e. The van der Waals surface area contributed by atoms with E-state index in [1.807, 2.05) is 0 Å². The van der Waals surface area contributed by atoms with Crippen LogP contribution in [0.15, 0.2) is 6.33 Å². The van der Waals surface area contributed by atoms with E-state index in [9.17, 15) is 14.0 Å². The number of nitrogens with two attached hydrogens (primary N) is 1. The molecule has 0 aliphatic carbocycles. The van der Waals surface area contributed by atoms with Crippen molar-refractivity contribution in [2.75, 3.05) is 38.1 Å². The van der Waals surface area contributed by atoms with Crippen LogP contribution in [-0.4, -0.2) is 70.8 Å². The first-order valence-corrected chi connectivity index (χ1v) is 11.8. The molecule has 0 amide bonds. The number of carbonyl (C=O) groups excluding carboxylic acids is 2. The van der Waals surface area contributed by atoms with Gasteiger partial charge in [-0.05, 0) is 27.7 Å². The summed E-state index contributed by atoms with van der Waals surface area (Å²) in [4.78, 5) is 37.6. The number of halogens is 1. The van der Waals surface area contributed by atoms with Crippen molar-refractivity contribution in [3.8, 4) is 0 Å². The smallest absolute Gasteiger partial charge is 0.313 e. The minimum atomic E-state index is -1.28. The van der Waals surface area contributed by atoms with Crippen LogP contribution in [0.1, 0.15) is 47.3 Å². The molecule has 2 aromatic heterocycles. The number of hydrogen-bond donors (Lipinski definition) is 2. The van der Waals surface area contributed by atoms with Crippen LogP contribution in [0.25, 0.3) is 11.2 Å². The van der Waals surface area contributed by atoms with Gasteiger partial charge in [0.1, 0.15) is 18.5 Å². The summed E-state index contributed by atoms with van der Waals surface area (Å²) in [6.45, 7) is 7.78. The molecule has 36 heavy (non-hydrogen) atoms. The zero-order chi connectivity index (χ0) is 26.6. The van der Waals surface area contributed by atoms with Gasteiger partial charge in [-0.25, -0.2) is 9.37 Å². The van der Waals surface area contributed by atoms with Crippen molar-refractivity contribution < 1.29 is 32.9 Å². The molecule has 13 heteroatoms. The predicted octanol–water partition coefficient (Wildman–Crippen LogP) is 2.45. The second-order valence-corrected chi connectivity index (χ2v) is 9.90. The number of carbonyl (C=O) groups is 2. The Balaban J connectivity index is 1.62. The molecule has 200 valence electrons. The van der Waals surface area contributed by atoms with Crippen LogP contribution in [-0.2, 0) is 28.5 Å². The van der Waals surface area contributed by atoms with E-state index in [1.54, 1.807) is 45.6 Å². The van der Waals surface area contributed by atoms with Gasteiger partial charge in [-0.1, -0.05) is 6.92 Å². The third-order valence-corrected chi connectivity index (χ3v) is 6.05. The lowest BCUT2D eigenvalue weighted by Crippen LogP contribution is -2.35. The number of nitrogens with zero attached hydrogens (tertiary/aromatic N) is 4. The Labute approximate surface area is 209 Å². The van der Waals surface area contributed by atoms with E-state index >= 15 is 0 Å². The molecular weight excluding hydrogens is 475 g/mol. The number of nitrogens with one attached hydrogen (secondary N) is 1. The summed E-state index contributed by atoms with van der Waals surface area (Å²) in [6.07, 6.45) is -0.426. The quantitative estimate of drug-likeness (QED) is 0.275. The first-order chi connectivity index (χ1) is 16.9. The van der Waals surface area contributed by atoms with Gasteiger partial charge in [-0.15, -0.1) is 0 Å². The molecule has 0 spiro atoms. The SMILES string of the molecule is CNc1nc(N)nc2c1ncn2[C@H]1CC(OC(=O)[C@@H](COCOC(=O)C(C)(C)C)[C@@H](C)[C@@H](C)F)CO1. The molecule has 0 radical (unpaired) electrons. The summed E-state index contributed by atoms with van der Waals surface area (Å²) >= 11 is 0. The van der Waals surface area contributed by atoms with Gasteiger partial charge in [0.2, 0.25) is 5.95 Å². The fourth-order valence-electron chi connectivity index (χ4n) is 3.67. The van der Waals surface area contributed by atoms with Crippen molar-refractivity contribution >= 4 is 34.9 Å². The number of nitrogen functional groups attached to an aromatic ring is 1. The van der Waals surface area contributed by atoms with Crippen LogP contribution in [0, 0.1) is 17.3 Å². The first-order valence-electron chi connectivity index (χ1n) is 11.8. The number of esters is 2. The van der Waals surface area contributed by atoms with Crippen molar-refractivity contribution in [1.82, 2.24) is 19.5 Å². The van der Waals surface area contributed by atoms with Crippen molar-refractivity contribution in [3.63, 3.8) is 0 Å². The highest BCUT2D eigenvalue weighted by molar-refractivity contribution is 5.84. The summed E-state index contributed by atoms with van der Waals surface area (Å²) in [5.41, 5.74) is 6.14. The van der Waals surface area contributed by atoms with E-state index in [2.05, 4.69) is 20.3 Å². The van der Waals surface area contributed by atoms with E-state index in [1.165, 1.54) is 6.92 Å². The van der Waals surface area contributed by atoms with Gasteiger partial charge in [0.25, 0.3) is 0 Å². The van der Waals surface area contributed by atoms with Gasteiger partial charge in [0.05, 0.1) is 30.9 Å². The zero-order valence-corrected chi connectivity index (χ0v) is 21.5. The lowest BCUT2D eigenvalue weighted by molar-refractivity contribution is -0.171. The number of rotatable bonds is 10. The molecule has 1 saturated heterocycles. The van der Waals surface area contributed by atoms with Crippen molar-refractivity contribution in [2.24, 2.45) is 17.3 Å². The minimum Gasteiger partial charge on any atom is -0.459 e. The topological polar surface area (TPSA) is 153 Å². The number of anilines is 2. The zero-order valence-electron chi connectivity index (χ0n) is 21.5. The Bertz CT molecular complexity index is 1070. The standard InChI is InChI=1S/C23H35FN6O6/c1-12(13(2)24)15(9-33-11-35-21(32)23(3,4)5)20(31)36-14-7-16(34-8-14)30-10-27-17-18(26-6)28-22(25)29-19(17)30/h10,12-16H,7-9,11H2,1-6H3,(H3,25,26,28,29)/t12-,13+,14?,15-,16+/m0/s1. The monoisotopic (exact) mass is 510 g/mol. The van der Waals surface area contributed by atoms with Crippen LogP contribution in [0.5, 0.6) is 0 Å². The molecule has 3 N–H and O–H groups in total. The largest absolute Gasteiger partial charge is 0.459 e. The summed E-state index contributed by atoms with van der Waals surface area (Å²) in [5.74, 6) is -2.04. The summed E-state index contributed by atoms with van der Waals surface area (Å²) in [5, 5.41) is 2.93. The van der Waals surface area contributed by atoms with Gasteiger partial charge in [0, 0.05) is 19.4 Å². The molecule has 12 nitrogen and oxygen atoms in total. The minimum absolute atomic E-state index is 0.0833. The highest BCUT2D eigenvalue weighted by atomic mass is 19.1. The number of alkyl halides is 1. The lowest BCUT2D eigenvalue weighted by Gasteiger charge is -2.25. The molecule has 1 aliphatic heterocycles. The third kappa shape index (κ3) is 6.38. The van der Waals surface area contributed by atoms with Crippen molar-refractivity contribution in [2.45, 2.75) is 59.5 Å². The molecular formula is C23H35FN6O6. The van der Waals surface area contributed by atoms with Crippen LogP contribution in [0.3, 0.4) is 0 Å². The highest BCUT2D eigenvalue weighted by Gasteiger charge is 2.36. The Kier molecular flexibility index (Phi) is 8.67. The Hall–Kier alpha value is -3.06. The predicted molar refractivity (Wildman–Crippen MR) is 128 cm³/mol. The number of ether oxygens (including phenoxy) is 4. The number of fused-ring (bicyclic) bond motifs is 1. The lowest BCUT2D eigenvalue weighted by atomic mass is 9.91. The van der Waals surface area contributed by atoms with Crippen LogP contribution < -0.4 is 11.1 Å². The van der Waals surface area contributed by atoms with Crippen molar-refractivity contribution in [3.05, 3.63) is 6.33 Å². The molecule has 2 aromatic rings. The van der Waals surface area contributed by atoms with E-state index in [-0.39, 0.29) is 26.0 Å². The molecule has 3 rings (SSSR count). The average Bonchev–Trinajstić information content (AvgIpc) is 3.43. The molecule has 3 heterocycles. The van der Waals surface area contributed by atoms with Crippen LogP contribution in [0.4, 0.5) is 16.2 Å². The number of imidazole rings is 1. The van der Waals surface area contributed by atoms with Gasteiger partial charge in [-0.3, -0.25) is 14.2 Å². The Morgan fingerprint density at radius 3 is 2.69 bits per heavy atom. The number of hydrogen-bond acceptors (Lipinski definition) is 11. The van der Waals surface area contributed by atoms with E-state index in [0.29, 0.717) is 23.4 Å². The van der Waals surface area contributed by atoms with Gasteiger partial charge in [0.15, 0.2) is 23.8 Å². The number of aromatic nitrogens is 4. The molecule has 5 atom stereocenters. The average molecular weight is 511 g/mol. The highest BCUT2D eigenvalue weighted by Crippen LogP contribution is 2.31. The third-order valence-electron chi connectivity index (χ3n) is 6.05. The van der Waals surface area contributed by atoms with Crippen LogP contribution >= 0.6 is 0 Å². The molecule has 0 aromatic carbocycles. The summed E-state index contributed by atoms with van der Waals surface area (Å²) in [6, 6.07) is 0. The second kappa shape index (κ2) is 11.3. The molecule has 1 unspecified atom stereocenters. The second-order valence-electron chi connectivity index (χ2n) is 9.90. The summed E-state index contributed by atoms with van der Waals surface area (Å²) in [7, 11) is 1.70. The molecule has 1 fully saturated rings. The first kappa shape index (κ1) is 27.5. The maximum absolute atomic E-state index is 14.1. The fraction of sp³-hybridized carbons (Fsp3) is 0.696. The molecule has 1 aliphatic rings. The Morgan fingerprint density at radius 1 is 1.33 bits per heavy atom. The Morgan fingerprint density at radius 2 is 2.06 bits per heavy atom. The van der Waals surface area contributed by atoms with E-state index in [0.717, 1.165) is 0 Å². The van der Waals surface area contributed by atoms with E-state index < -0.39 is 47.7 Å². The maximum atomic E-state index is 14.1. The van der Waals surface area contributed by atoms with E-state index in [4.69, 9.17) is 24.7 Å². The van der Waals surface area contributed by atoms with Crippen molar-refractivity contribution in [1.29, 1.82) is 0 Å².